The standard InChI is InChI=1S/C21H27NO/c1-3-4-5-6-15-22-16-19-11-13-21(14-12-19)23-17-20-9-7-18(2)8-10-20/h7-14,16H,3-6,15,17H2,1-2H3/b22-16+. The van der Waals surface area contributed by atoms with Crippen LogP contribution in [0.5, 0.6) is 5.75 Å². The van der Waals surface area contributed by atoms with Crippen molar-refractivity contribution in [2.45, 2.75) is 46.1 Å². The van der Waals surface area contributed by atoms with Gasteiger partial charge in [-0.25, -0.2) is 0 Å². The minimum atomic E-state index is 0.602. The van der Waals surface area contributed by atoms with E-state index in [1.54, 1.807) is 0 Å². The first-order chi connectivity index (χ1) is 11.3. The summed E-state index contributed by atoms with van der Waals surface area (Å²) in [5.74, 6) is 0.894. The predicted molar refractivity (Wildman–Crippen MR) is 98.6 cm³/mol. The first kappa shape index (κ1) is 17.3. The summed E-state index contributed by atoms with van der Waals surface area (Å²) < 4.78 is 5.81. The molecule has 0 aromatic heterocycles. The average Bonchev–Trinajstić information content (AvgIpc) is 2.58. The van der Waals surface area contributed by atoms with Crippen molar-refractivity contribution in [2.75, 3.05) is 6.54 Å². The maximum absolute atomic E-state index is 5.81. The van der Waals surface area contributed by atoms with Crippen LogP contribution in [0.15, 0.2) is 53.5 Å². The molecule has 0 unspecified atom stereocenters. The third kappa shape index (κ3) is 6.68. The molecule has 0 amide bonds. The summed E-state index contributed by atoms with van der Waals surface area (Å²) in [5.41, 5.74) is 3.59. The Balaban J connectivity index is 1.75. The van der Waals surface area contributed by atoms with E-state index < -0.39 is 0 Å². The van der Waals surface area contributed by atoms with Crippen molar-refractivity contribution in [2.24, 2.45) is 4.99 Å². The van der Waals surface area contributed by atoms with Gasteiger partial charge in [0.1, 0.15) is 12.4 Å². The van der Waals surface area contributed by atoms with E-state index in [0.29, 0.717) is 6.61 Å². The number of benzene rings is 2. The Labute approximate surface area is 140 Å². The van der Waals surface area contributed by atoms with E-state index in [-0.39, 0.29) is 0 Å². The van der Waals surface area contributed by atoms with Crippen LogP contribution in [-0.4, -0.2) is 12.8 Å². The number of unbranched alkanes of at least 4 members (excludes halogenated alkanes) is 3. The number of rotatable bonds is 9. The Kier molecular flexibility index (Phi) is 7.38. The van der Waals surface area contributed by atoms with E-state index in [2.05, 4.69) is 55.2 Å². The van der Waals surface area contributed by atoms with Crippen molar-refractivity contribution in [3.05, 3.63) is 65.2 Å². The Morgan fingerprint density at radius 3 is 2.35 bits per heavy atom. The normalized spacial score (nSPS) is 11.0. The number of aliphatic imine (C=N–C) groups is 1. The second-order valence-corrected chi connectivity index (χ2v) is 5.94. The molecule has 2 heteroatoms. The Hall–Kier alpha value is -2.09. The van der Waals surface area contributed by atoms with E-state index in [1.165, 1.54) is 36.8 Å². The SMILES string of the molecule is CCCCCC/N=C/c1ccc(OCc2ccc(C)cc2)cc1. The molecule has 2 aromatic carbocycles. The zero-order valence-corrected chi connectivity index (χ0v) is 14.3. The van der Waals surface area contributed by atoms with Crippen LogP contribution in [-0.2, 0) is 6.61 Å². The zero-order valence-electron chi connectivity index (χ0n) is 14.3. The third-order valence-corrected chi connectivity index (χ3v) is 3.79. The Morgan fingerprint density at radius 1 is 0.913 bits per heavy atom. The van der Waals surface area contributed by atoms with Crippen LogP contribution in [0, 0.1) is 6.92 Å². The van der Waals surface area contributed by atoms with Crippen LogP contribution in [0.1, 0.15) is 49.3 Å². The molecule has 0 atom stereocenters. The van der Waals surface area contributed by atoms with Gasteiger partial charge in [-0.15, -0.1) is 0 Å². The number of aryl methyl sites for hydroxylation is 1. The van der Waals surface area contributed by atoms with Crippen LogP contribution in [0.3, 0.4) is 0 Å². The third-order valence-electron chi connectivity index (χ3n) is 3.79. The highest BCUT2D eigenvalue weighted by Gasteiger charge is 1.96. The number of ether oxygens (including phenoxy) is 1. The molecular weight excluding hydrogens is 282 g/mol. The summed E-state index contributed by atoms with van der Waals surface area (Å²) in [6, 6.07) is 16.6. The van der Waals surface area contributed by atoms with Crippen LogP contribution >= 0.6 is 0 Å². The molecule has 0 aliphatic carbocycles. The van der Waals surface area contributed by atoms with Gasteiger partial charge in [-0.3, -0.25) is 4.99 Å². The molecule has 0 heterocycles. The van der Waals surface area contributed by atoms with Crippen molar-refractivity contribution in [1.29, 1.82) is 0 Å². The molecule has 0 saturated heterocycles. The summed E-state index contributed by atoms with van der Waals surface area (Å²) in [5, 5.41) is 0. The first-order valence-corrected chi connectivity index (χ1v) is 8.56. The minimum Gasteiger partial charge on any atom is -0.489 e. The molecule has 0 aliphatic rings. The van der Waals surface area contributed by atoms with E-state index in [1.807, 2.05) is 18.3 Å². The molecule has 0 aliphatic heterocycles. The van der Waals surface area contributed by atoms with Gasteiger partial charge in [0.05, 0.1) is 0 Å². The largest absolute Gasteiger partial charge is 0.489 e. The molecular formula is C21H27NO. The predicted octanol–water partition coefficient (Wildman–Crippen LogP) is 5.57. The highest BCUT2D eigenvalue weighted by molar-refractivity contribution is 5.79. The van der Waals surface area contributed by atoms with Crippen molar-refractivity contribution in [1.82, 2.24) is 0 Å². The van der Waals surface area contributed by atoms with E-state index >= 15 is 0 Å². The lowest BCUT2D eigenvalue weighted by Crippen LogP contribution is -1.95. The number of hydrogen-bond donors (Lipinski definition) is 0. The number of hydrogen-bond acceptors (Lipinski definition) is 2. The molecule has 23 heavy (non-hydrogen) atoms. The monoisotopic (exact) mass is 309 g/mol. The van der Waals surface area contributed by atoms with Gasteiger partial charge in [-0.2, -0.15) is 0 Å². The lowest BCUT2D eigenvalue weighted by Gasteiger charge is -2.06. The topological polar surface area (TPSA) is 21.6 Å². The quantitative estimate of drug-likeness (QED) is 0.438. The van der Waals surface area contributed by atoms with E-state index in [0.717, 1.165) is 17.9 Å². The van der Waals surface area contributed by atoms with Crippen molar-refractivity contribution >= 4 is 6.21 Å². The van der Waals surface area contributed by atoms with Crippen LogP contribution in [0.2, 0.25) is 0 Å². The van der Waals surface area contributed by atoms with Crippen LogP contribution in [0.4, 0.5) is 0 Å². The molecule has 2 aromatic rings. The fraction of sp³-hybridized carbons (Fsp3) is 0.381. The van der Waals surface area contributed by atoms with Gasteiger partial charge in [0.15, 0.2) is 0 Å². The summed E-state index contributed by atoms with van der Waals surface area (Å²) in [6.07, 6.45) is 6.99. The second kappa shape index (κ2) is 9.83. The fourth-order valence-corrected chi connectivity index (χ4v) is 2.30. The summed E-state index contributed by atoms with van der Waals surface area (Å²) in [4.78, 5) is 4.48. The minimum absolute atomic E-state index is 0.602. The van der Waals surface area contributed by atoms with Crippen molar-refractivity contribution in [3.8, 4) is 5.75 Å². The molecule has 2 rings (SSSR count). The molecule has 0 N–H and O–H groups in total. The van der Waals surface area contributed by atoms with Gasteiger partial charge in [-0.1, -0.05) is 56.0 Å². The molecule has 0 saturated carbocycles. The van der Waals surface area contributed by atoms with Gasteiger partial charge in [0.2, 0.25) is 0 Å². The summed E-state index contributed by atoms with van der Waals surface area (Å²) >= 11 is 0. The van der Waals surface area contributed by atoms with Gasteiger partial charge in [0, 0.05) is 12.8 Å². The average molecular weight is 309 g/mol. The zero-order chi connectivity index (χ0) is 16.3. The lowest BCUT2D eigenvalue weighted by molar-refractivity contribution is 0.306. The maximum atomic E-state index is 5.81. The highest BCUT2D eigenvalue weighted by atomic mass is 16.5. The van der Waals surface area contributed by atoms with Gasteiger partial charge < -0.3 is 4.74 Å². The van der Waals surface area contributed by atoms with Crippen molar-refractivity contribution < 1.29 is 4.74 Å². The lowest BCUT2D eigenvalue weighted by atomic mass is 10.2. The van der Waals surface area contributed by atoms with Gasteiger partial charge >= 0.3 is 0 Å². The maximum Gasteiger partial charge on any atom is 0.119 e. The molecule has 0 fully saturated rings. The highest BCUT2D eigenvalue weighted by Crippen LogP contribution is 2.14. The van der Waals surface area contributed by atoms with E-state index in [9.17, 15) is 0 Å². The van der Waals surface area contributed by atoms with Crippen molar-refractivity contribution in [3.63, 3.8) is 0 Å². The van der Waals surface area contributed by atoms with Gasteiger partial charge in [0.25, 0.3) is 0 Å². The number of nitrogens with zero attached hydrogens (tertiary/aromatic N) is 1. The molecule has 0 radical (unpaired) electrons. The first-order valence-electron chi connectivity index (χ1n) is 8.56. The van der Waals surface area contributed by atoms with Crippen LogP contribution < -0.4 is 4.74 Å². The van der Waals surface area contributed by atoms with Gasteiger partial charge in [-0.05, 0) is 48.7 Å². The Bertz CT molecular complexity index is 584. The molecule has 0 bridgehead atoms. The van der Waals surface area contributed by atoms with E-state index in [4.69, 9.17) is 4.74 Å². The summed E-state index contributed by atoms with van der Waals surface area (Å²) in [7, 11) is 0. The molecule has 2 nitrogen and oxygen atoms in total. The molecule has 122 valence electrons. The molecule has 0 spiro atoms. The fourth-order valence-electron chi connectivity index (χ4n) is 2.30. The van der Waals surface area contributed by atoms with Crippen LogP contribution in [0.25, 0.3) is 0 Å². The summed E-state index contributed by atoms with van der Waals surface area (Å²) in [6.45, 7) is 5.84. The smallest absolute Gasteiger partial charge is 0.119 e. The second-order valence-electron chi connectivity index (χ2n) is 5.94. The Morgan fingerprint density at radius 2 is 1.65 bits per heavy atom.